The molecular formula is C27H29F3N6O3. The standard InChI is InChI=1S/C27H29F3N6O3/c1-3-20(25(29)30)33-14-32-13-17(31)12-22(35-21-6-4-5-7-23(21)37)27(39)36-24-15(2)10-16(28)11-19(24)26(38)34-18-8-9-18/h4-7,10-11,14,18,31,37H,3,8-9,12-13H2,1-2H3,(H,32,33)(H,34,38)(H,36,39). The number of aliphatic imine (C=N–C) groups is 2. The van der Waals surface area contributed by atoms with Crippen LogP contribution in [0.5, 0.6) is 5.75 Å². The number of benzene rings is 2. The van der Waals surface area contributed by atoms with Crippen LogP contribution in [0.3, 0.4) is 0 Å². The number of nitrogens with one attached hydrogen (secondary N) is 4. The van der Waals surface area contributed by atoms with Gasteiger partial charge in [0, 0.05) is 18.2 Å². The first-order valence-electron chi connectivity index (χ1n) is 12.2. The molecule has 0 aliphatic heterocycles. The van der Waals surface area contributed by atoms with Crippen molar-refractivity contribution in [2.24, 2.45) is 9.98 Å². The molecule has 0 heterocycles. The molecule has 12 heteroatoms. The maximum atomic E-state index is 14.2. The van der Waals surface area contributed by atoms with Crippen LogP contribution in [-0.2, 0) is 4.79 Å². The van der Waals surface area contributed by atoms with Crippen LogP contribution in [0.2, 0.25) is 0 Å². The van der Waals surface area contributed by atoms with E-state index in [1.165, 1.54) is 25.1 Å². The molecule has 1 saturated carbocycles. The van der Waals surface area contributed by atoms with Gasteiger partial charge in [0.2, 0.25) is 0 Å². The smallest absolute Gasteiger partial charge is 0.289 e. The number of rotatable bonds is 12. The van der Waals surface area contributed by atoms with Gasteiger partial charge in [0.1, 0.15) is 23.0 Å². The predicted molar refractivity (Wildman–Crippen MR) is 144 cm³/mol. The Kier molecular flexibility index (Phi) is 9.96. The summed E-state index contributed by atoms with van der Waals surface area (Å²) in [5.41, 5.74) is -0.169. The van der Waals surface area contributed by atoms with Gasteiger partial charge in [0.15, 0.2) is 0 Å². The van der Waals surface area contributed by atoms with E-state index in [-0.39, 0.29) is 65.2 Å². The molecule has 0 atom stereocenters. The second kappa shape index (κ2) is 13.4. The van der Waals surface area contributed by atoms with E-state index in [0.29, 0.717) is 5.56 Å². The number of aryl methyl sites for hydroxylation is 1. The van der Waals surface area contributed by atoms with E-state index in [9.17, 15) is 27.9 Å². The van der Waals surface area contributed by atoms with Crippen molar-refractivity contribution in [1.82, 2.24) is 10.6 Å². The van der Waals surface area contributed by atoms with E-state index >= 15 is 0 Å². The first-order valence-corrected chi connectivity index (χ1v) is 12.2. The van der Waals surface area contributed by atoms with E-state index in [2.05, 4.69) is 25.9 Å². The Balaban J connectivity index is 1.84. The molecular weight excluding hydrogens is 513 g/mol. The average Bonchev–Trinajstić information content (AvgIpc) is 3.70. The number of carbonyl (C=O) groups excluding carboxylic acids is 2. The lowest BCUT2D eigenvalue weighted by Gasteiger charge is -2.15. The van der Waals surface area contributed by atoms with E-state index in [4.69, 9.17) is 5.41 Å². The van der Waals surface area contributed by atoms with Crippen molar-refractivity contribution in [3.8, 4) is 5.75 Å². The Morgan fingerprint density at radius 2 is 1.92 bits per heavy atom. The number of nitrogens with zero attached hydrogens (tertiary/aromatic N) is 2. The zero-order valence-electron chi connectivity index (χ0n) is 21.4. The van der Waals surface area contributed by atoms with E-state index in [1.54, 1.807) is 19.1 Å². The van der Waals surface area contributed by atoms with Crippen LogP contribution in [0.15, 0.2) is 58.2 Å². The van der Waals surface area contributed by atoms with Gasteiger partial charge in [-0.15, -0.1) is 0 Å². The number of aromatic hydroxyl groups is 1. The largest absolute Gasteiger partial charge is 0.506 e. The van der Waals surface area contributed by atoms with Crippen molar-refractivity contribution in [2.45, 2.75) is 45.6 Å². The molecule has 2 aromatic rings. The minimum absolute atomic E-state index is 0.00335. The average molecular weight is 543 g/mol. The van der Waals surface area contributed by atoms with Gasteiger partial charge in [-0.2, -0.15) is 8.78 Å². The van der Waals surface area contributed by atoms with Crippen molar-refractivity contribution < 1.29 is 27.9 Å². The molecule has 0 bridgehead atoms. The summed E-state index contributed by atoms with van der Waals surface area (Å²) in [5, 5.41) is 26.1. The summed E-state index contributed by atoms with van der Waals surface area (Å²) < 4.78 is 39.6. The number of halogens is 3. The molecule has 39 heavy (non-hydrogen) atoms. The summed E-state index contributed by atoms with van der Waals surface area (Å²) in [6, 6.07) is 8.23. The summed E-state index contributed by atoms with van der Waals surface area (Å²) in [4.78, 5) is 34.2. The Labute approximate surface area is 223 Å². The number of allylic oxidation sites excluding steroid dienone is 1. The highest BCUT2D eigenvalue weighted by atomic mass is 19.3. The maximum Gasteiger partial charge on any atom is 0.289 e. The Bertz CT molecular complexity index is 1350. The monoisotopic (exact) mass is 542 g/mol. The molecule has 5 N–H and O–H groups in total. The quantitative estimate of drug-likeness (QED) is 0.190. The summed E-state index contributed by atoms with van der Waals surface area (Å²) in [6.07, 6.45) is 0.561. The van der Waals surface area contributed by atoms with Crippen LogP contribution in [0.25, 0.3) is 0 Å². The Hall–Kier alpha value is -4.48. The highest BCUT2D eigenvalue weighted by molar-refractivity contribution is 6.46. The molecule has 0 aromatic heterocycles. The van der Waals surface area contributed by atoms with Gasteiger partial charge >= 0.3 is 0 Å². The molecule has 1 aliphatic carbocycles. The van der Waals surface area contributed by atoms with Crippen molar-refractivity contribution in [2.75, 3.05) is 11.9 Å². The molecule has 0 saturated heterocycles. The Morgan fingerprint density at radius 1 is 1.21 bits per heavy atom. The van der Waals surface area contributed by atoms with E-state index < -0.39 is 23.7 Å². The third kappa shape index (κ3) is 8.52. The molecule has 206 valence electrons. The fourth-order valence-electron chi connectivity index (χ4n) is 3.47. The second-order valence-corrected chi connectivity index (χ2v) is 8.88. The third-order valence-corrected chi connectivity index (χ3v) is 5.67. The molecule has 2 aromatic carbocycles. The van der Waals surface area contributed by atoms with Gasteiger partial charge in [-0.3, -0.25) is 14.6 Å². The first kappa shape index (κ1) is 29.1. The van der Waals surface area contributed by atoms with E-state index in [0.717, 1.165) is 25.2 Å². The SMILES string of the molecule is CCC(NC=NCC(=N)CC(=Nc1ccccc1O)C(=O)Nc1c(C)cc(F)cc1C(=O)NC1CC1)=C(F)F. The summed E-state index contributed by atoms with van der Waals surface area (Å²) >= 11 is 0. The lowest BCUT2D eigenvalue weighted by atomic mass is 10.1. The third-order valence-electron chi connectivity index (χ3n) is 5.67. The zero-order chi connectivity index (χ0) is 28.5. The number of phenolic OH excluding ortho intramolecular Hbond substituents is 1. The number of anilines is 1. The number of carbonyl (C=O) groups is 2. The molecule has 1 fully saturated rings. The normalized spacial score (nSPS) is 13.2. The minimum Gasteiger partial charge on any atom is -0.506 e. The van der Waals surface area contributed by atoms with Gasteiger partial charge in [-0.25, -0.2) is 9.38 Å². The van der Waals surface area contributed by atoms with Crippen LogP contribution in [0.4, 0.5) is 24.5 Å². The number of para-hydroxylation sites is 2. The highest BCUT2D eigenvalue weighted by Crippen LogP contribution is 2.27. The lowest BCUT2D eigenvalue weighted by molar-refractivity contribution is -0.110. The predicted octanol–water partition coefficient (Wildman–Crippen LogP) is 4.99. The van der Waals surface area contributed by atoms with Gasteiger partial charge in [0.05, 0.1) is 29.8 Å². The van der Waals surface area contributed by atoms with Crippen LogP contribution in [0, 0.1) is 18.2 Å². The lowest BCUT2D eigenvalue weighted by Crippen LogP contribution is -2.30. The zero-order valence-corrected chi connectivity index (χ0v) is 21.4. The van der Waals surface area contributed by atoms with Crippen LogP contribution in [0.1, 0.15) is 48.5 Å². The number of hydrogen-bond acceptors (Lipinski definition) is 6. The van der Waals surface area contributed by atoms with Gasteiger partial charge in [-0.1, -0.05) is 19.1 Å². The topological polar surface area (TPSA) is 139 Å². The molecule has 2 amide bonds. The minimum atomic E-state index is -1.87. The number of phenols is 1. The molecule has 0 radical (unpaired) electrons. The molecule has 0 unspecified atom stereocenters. The summed E-state index contributed by atoms with van der Waals surface area (Å²) in [5.74, 6) is -2.16. The fraction of sp³-hybridized carbons (Fsp3) is 0.296. The van der Waals surface area contributed by atoms with Gasteiger partial charge < -0.3 is 26.5 Å². The Morgan fingerprint density at radius 3 is 2.56 bits per heavy atom. The highest BCUT2D eigenvalue weighted by Gasteiger charge is 2.27. The van der Waals surface area contributed by atoms with Gasteiger partial charge in [-0.05, 0) is 56.0 Å². The first-order chi connectivity index (χ1) is 18.6. The fourth-order valence-corrected chi connectivity index (χ4v) is 3.47. The summed E-state index contributed by atoms with van der Waals surface area (Å²) in [7, 11) is 0. The molecule has 9 nitrogen and oxygen atoms in total. The number of amides is 2. The van der Waals surface area contributed by atoms with Gasteiger partial charge in [0.25, 0.3) is 17.9 Å². The van der Waals surface area contributed by atoms with Crippen molar-refractivity contribution in [1.29, 1.82) is 5.41 Å². The summed E-state index contributed by atoms with van der Waals surface area (Å²) in [6.45, 7) is 2.85. The van der Waals surface area contributed by atoms with Crippen molar-refractivity contribution in [3.63, 3.8) is 0 Å². The second-order valence-electron chi connectivity index (χ2n) is 8.88. The molecule has 1 aliphatic rings. The van der Waals surface area contributed by atoms with Crippen LogP contribution in [-0.4, -0.2) is 47.3 Å². The van der Waals surface area contributed by atoms with Crippen molar-refractivity contribution >= 4 is 41.0 Å². The van der Waals surface area contributed by atoms with Crippen LogP contribution >= 0.6 is 0 Å². The molecule has 0 spiro atoms. The van der Waals surface area contributed by atoms with Crippen molar-refractivity contribution in [3.05, 3.63) is 65.1 Å². The maximum absolute atomic E-state index is 14.2. The van der Waals surface area contributed by atoms with E-state index in [1.807, 2.05) is 0 Å². The van der Waals surface area contributed by atoms with Crippen LogP contribution < -0.4 is 16.0 Å². The molecule has 3 rings (SSSR count). The number of hydrogen-bond donors (Lipinski definition) is 5.